The van der Waals surface area contributed by atoms with Crippen molar-refractivity contribution in [3.63, 3.8) is 0 Å². The highest BCUT2D eigenvalue weighted by atomic mass is 16.6. The highest BCUT2D eigenvalue weighted by molar-refractivity contribution is 6.03. The topological polar surface area (TPSA) is 100 Å². The summed E-state index contributed by atoms with van der Waals surface area (Å²) in [7, 11) is 0. The summed E-state index contributed by atoms with van der Waals surface area (Å²) >= 11 is 0. The Morgan fingerprint density at radius 3 is 1.83 bits per heavy atom. The zero-order chi connectivity index (χ0) is 36.9. The molecule has 9 heteroatoms. The maximum absolute atomic E-state index is 13.1. The number of aliphatic imine (C=N–C) groups is 1. The molecule has 7 rings (SSSR count). The molecular weight excluding hydrogens is 651 g/mol. The van der Waals surface area contributed by atoms with Crippen molar-refractivity contribution in [2.24, 2.45) is 4.99 Å². The summed E-state index contributed by atoms with van der Waals surface area (Å²) in [5.41, 5.74) is 6.52. The predicted octanol–water partition coefficient (Wildman–Crippen LogP) is 10.3. The number of fused-ring (bicyclic) bond motifs is 1. The average Bonchev–Trinajstić information content (AvgIpc) is 3.89. The summed E-state index contributed by atoms with van der Waals surface area (Å²) in [6.07, 6.45) is 7.60. The Labute approximate surface area is 307 Å². The molecule has 0 radical (unpaired) electrons. The van der Waals surface area contributed by atoms with Crippen molar-refractivity contribution in [2.45, 2.75) is 123 Å². The molecule has 0 saturated carbocycles. The molecule has 0 bridgehead atoms. The maximum Gasteiger partial charge on any atom is 0.411 e. The number of likely N-dealkylation sites (tertiary alicyclic amines) is 2. The van der Waals surface area contributed by atoms with E-state index in [4.69, 9.17) is 19.5 Å². The Morgan fingerprint density at radius 1 is 0.692 bits per heavy atom. The lowest BCUT2D eigenvalue weighted by Crippen LogP contribution is -2.46. The van der Waals surface area contributed by atoms with Gasteiger partial charge in [0.05, 0.1) is 24.0 Å². The highest BCUT2D eigenvalue weighted by Gasteiger charge is 2.41. The van der Waals surface area contributed by atoms with E-state index in [1.807, 2.05) is 63.7 Å². The van der Waals surface area contributed by atoms with Gasteiger partial charge in [-0.2, -0.15) is 0 Å². The summed E-state index contributed by atoms with van der Waals surface area (Å²) in [5.74, 6) is 0.788. The molecule has 3 aliphatic heterocycles. The zero-order valence-electron chi connectivity index (χ0n) is 31.7. The van der Waals surface area contributed by atoms with Gasteiger partial charge in [0.1, 0.15) is 17.0 Å². The van der Waals surface area contributed by atoms with Crippen LogP contribution in [-0.2, 0) is 9.47 Å². The number of hydrogen-bond donors (Lipinski definition) is 1. The van der Waals surface area contributed by atoms with Crippen LogP contribution in [0.15, 0.2) is 78.1 Å². The van der Waals surface area contributed by atoms with E-state index in [-0.39, 0.29) is 36.4 Å². The number of nitrogens with one attached hydrogen (secondary N) is 1. The number of H-pyrrole nitrogens is 1. The van der Waals surface area contributed by atoms with Gasteiger partial charge >= 0.3 is 12.2 Å². The van der Waals surface area contributed by atoms with Crippen molar-refractivity contribution < 1.29 is 19.1 Å². The van der Waals surface area contributed by atoms with E-state index in [0.717, 1.165) is 82.4 Å². The van der Waals surface area contributed by atoms with Crippen molar-refractivity contribution in [1.82, 2.24) is 19.8 Å². The quantitative estimate of drug-likeness (QED) is 0.223. The first kappa shape index (κ1) is 35.5. The normalized spacial score (nSPS) is 22.2. The van der Waals surface area contributed by atoms with Crippen LogP contribution in [0.3, 0.4) is 0 Å². The van der Waals surface area contributed by atoms with Crippen LogP contribution in [0, 0.1) is 0 Å². The van der Waals surface area contributed by atoms with Crippen LogP contribution >= 0.6 is 0 Å². The lowest BCUT2D eigenvalue weighted by atomic mass is 9.95. The highest BCUT2D eigenvalue weighted by Crippen LogP contribution is 2.38. The number of nitrogens with zero attached hydrogens (tertiary/aromatic N) is 4. The van der Waals surface area contributed by atoms with E-state index in [2.05, 4.69) is 79.5 Å². The van der Waals surface area contributed by atoms with E-state index in [0.29, 0.717) is 0 Å². The number of imidazole rings is 1. The van der Waals surface area contributed by atoms with Crippen molar-refractivity contribution in [3.05, 3.63) is 84.4 Å². The van der Waals surface area contributed by atoms with E-state index in [1.54, 1.807) is 0 Å². The van der Waals surface area contributed by atoms with E-state index in [1.165, 1.54) is 5.57 Å². The summed E-state index contributed by atoms with van der Waals surface area (Å²) in [6, 6.07) is 21.7. The van der Waals surface area contributed by atoms with Crippen LogP contribution in [0.2, 0.25) is 0 Å². The van der Waals surface area contributed by atoms with Crippen LogP contribution in [0.25, 0.3) is 38.7 Å². The molecule has 0 spiro atoms. The number of benzene rings is 3. The molecule has 3 aliphatic rings. The summed E-state index contributed by atoms with van der Waals surface area (Å²) in [5, 5.41) is 2.30. The van der Waals surface area contributed by atoms with Crippen LogP contribution in [0.5, 0.6) is 0 Å². The smallest absolute Gasteiger partial charge is 0.411 e. The van der Waals surface area contributed by atoms with Crippen molar-refractivity contribution in [2.75, 3.05) is 0 Å². The minimum absolute atomic E-state index is 0.0306. The molecule has 4 aromatic rings. The van der Waals surface area contributed by atoms with E-state index >= 15 is 0 Å². The van der Waals surface area contributed by atoms with Gasteiger partial charge < -0.3 is 14.5 Å². The first-order chi connectivity index (χ1) is 24.6. The predicted molar refractivity (Wildman–Crippen MR) is 207 cm³/mol. The standard InChI is InChI=1S/C43H51N5O4/c1-26-9-19-37(47(26)40(49)51-42(3,4)5)35-23-34(24-44-35)29-13-11-28(12-14-29)30-15-16-32-22-33(18-17-31(32)21-30)36-25-45-39(46-36)38-20-10-27(2)48(38)41(50)52-43(6,7)8/h11-18,21-22,24-27,37-38H,9-10,19-20,23H2,1-8H3,(H,45,46)/t26-,27-,37-,38-/m0/s1. The molecule has 4 heterocycles. The fourth-order valence-corrected chi connectivity index (χ4v) is 7.76. The fourth-order valence-electron chi connectivity index (χ4n) is 7.76. The molecule has 2 amide bonds. The molecule has 0 unspecified atom stereocenters. The number of allylic oxidation sites excluding steroid dienone is 1. The third-order valence-corrected chi connectivity index (χ3v) is 10.3. The Bertz CT molecular complexity index is 2050. The summed E-state index contributed by atoms with van der Waals surface area (Å²) < 4.78 is 11.5. The van der Waals surface area contributed by atoms with Crippen molar-refractivity contribution >= 4 is 34.2 Å². The number of aromatic nitrogens is 2. The van der Waals surface area contributed by atoms with Gasteiger partial charge in [-0.1, -0.05) is 48.5 Å². The Morgan fingerprint density at radius 2 is 1.21 bits per heavy atom. The molecule has 2 fully saturated rings. The van der Waals surface area contributed by atoms with Crippen LogP contribution < -0.4 is 0 Å². The van der Waals surface area contributed by atoms with Crippen LogP contribution in [-0.4, -0.2) is 67.0 Å². The third-order valence-electron chi connectivity index (χ3n) is 10.3. The molecule has 1 aromatic heterocycles. The van der Waals surface area contributed by atoms with Gasteiger partial charge in [0, 0.05) is 36.0 Å². The lowest BCUT2D eigenvalue weighted by Gasteiger charge is -2.31. The van der Waals surface area contributed by atoms with Gasteiger partial charge in [0.25, 0.3) is 0 Å². The second-order valence-corrected chi connectivity index (χ2v) is 16.6. The number of carbonyl (C=O) groups excluding carboxylic acids is 2. The Balaban J connectivity index is 1.02. The SMILES string of the molecule is C[C@H]1CC[C@@H](C2=NC=C(c3ccc(-c4ccc5cc(-c6cnc([C@@H]7CC[C@H](C)N7C(=O)OC(C)(C)C)[nH]6)ccc5c4)cc3)C2)N1C(=O)OC(C)(C)C. The first-order valence-electron chi connectivity index (χ1n) is 18.6. The molecule has 0 aliphatic carbocycles. The molecule has 4 atom stereocenters. The Kier molecular flexibility index (Phi) is 9.26. The lowest BCUT2D eigenvalue weighted by molar-refractivity contribution is 0.0149. The molecule has 2 saturated heterocycles. The van der Waals surface area contributed by atoms with Crippen molar-refractivity contribution in [1.29, 1.82) is 0 Å². The fraction of sp³-hybridized carbons (Fsp3) is 0.442. The minimum atomic E-state index is -0.552. The molecular formula is C43H51N5O4. The summed E-state index contributed by atoms with van der Waals surface area (Å²) in [4.78, 5) is 42.9. The largest absolute Gasteiger partial charge is 0.444 e. The second kappa shape index (κ2) is 13.6. The molecule has 3 aromatic carbocycles. The number of hydrogen-bond acceptors (Lipinski definition) is 6. The molecule has 9 nitrogen and oxygen atoms in total. The first-order valence-corrected chi connectivity index (χ1v) is 18.6. The molecule has 1 N–H and O–H groups in total. The monoisotopic (exact) mass is 701 g/mol. The average molecular weight is 702 g/mol. The number of rotatable bonds is 5. The zero-order valence-corrected chi connectivity index (χ0v) is 31.7. The van der Waals surface area contributed by atoms with Gasteiger partial charge in [-0.05, 0) is 126 Å². The maximum atomic E-state index is 13.1. The summed E-state index contributed by atoms with van der Waals surface area (Å²) in [6.45, 7) is 15.6. The molecule has 272 valence electrons. The van der Waals surface area contributed by atoms with Crippen LogP contribution in [0.4, 0.5) is 9.59 Å². The third kappa shape index (κ3) is 7.36. The number of ether oxygens (including phenoxy) is 2. The van der Waals surface area contributed by atoms with Crippen LogP contribution in [0.1, 0.15) is 105 Å². The Hall–Kier alpha value is -4.92. The van der Waals surface area contributed by atoms with Gasteiger partial charge in [-0.25, -0.2) is 14.6 Å². The number of aromatic amines is 1. The van der Waals surface area contributed by atoms with Gasteiger partial charge in [0.2, 0.25) is 0 Å². The van der Waals surface area contributed by atoms with Crippen molar-refractivity contribution in [3.8, 4) is 22.4 Å². The molecule has 52 heavy (non-hydrogen) atoms. The van der Waals surface area contributed by atoms with Gasteiger partial charge in [-0.15, -0.1) is 0 Å². The van der Waals surface area contributed by atoms with E-state index in [9.17, 15) is 9.59 Å². The minimum Gasteiger partial charge on any atom is -0.444 e. The second-order valence-electron chi connectivity index (χ2n) is 16.6. The number of amides is 2. The number of carbonyl (C=O) groups is 2. The van der Waals surface area contributed by atoms with E-state index < -0.39 is 11.2 Å². The van der Waals surface area contributed by atoms with Gasteiger partial charge in [-0.3, -0.25) is 14.8 Å². The van der Waals surface area contributed by atoms with Gasteiger partial charge in [0.15, 0.2) is 0 Å².